The van der Waals surface area contributed by atoms with Crippen LogP contribution in [0.2, 0.25) is 4.34 Å². The number of hydrogen-bond acceptors (Lipinski definition) is 5. The van der Waals surface area contributed by atoms with Gasteiger partial charge in [0.15, 0.2) is 0 Å². The summed E-state index contributed by atoms with van der Waals surface area (Å²) in [6.45, 7) is 4.49. The number of thiophene rings is 2. The van der Waals surface area contributed by atoms with Crippen LogP contribution < -0.4 is 5.32 Å². The molecule has 0 atom stereocenters. The van der Waals surface area contributed by atoms with E-state index in [4.69, 9.17) is 11.6 Å². The Hall–Kier alpha value is -1.41. The van der Waals surface area contributed by atoms with Crippen molar-refractivity contribution >= 4 is 46.1 Å². The van der Waals surface area contributed by atoms with Crippen LogP contribution in [0.3, 0.4) is 0 Å². The summed E-state index contributed by atoms with van der Waals surface area (Å²) in [5.74, 6) is 0.0333. The Kier molecular flexibility index (Phi) is 5.89. The SMILES string of the molecule is O=C(NCCN1CCN(C(=O)c2cccs2)CC1)c1ccc(Cl)s1. The lowest BCUT2D eigenvalue weighted by Gasteiger charge is -2.34. The summed E-state index contributed by atoms with van der Waals surface area (Å²) in [5.41, 5.74) is 0. The van der Waals surface area contributed by atoms with Crippen LogP contribution in [0, 0.1) is 0 Å². The van der Waals surface area contributed by atoms with E-state index >= 15 is 0 Å². The largest absolute Gasteiger partial charge is 0.350 e. The van der Waals surface area contributed by atoms with Gasteiger partial charge in [0.2, 0.25) is 0 Å². The zero-order valence-corrected chi connectivity index (χ0v) is 15.4. The number of piperazine rings is 1. The second-order valence-corrected chi connectivity index (χ2v) is 8.13. The van der Waals surface area contributed by atoms with E-state index in [1.165, 1.54) is 22.7 Å². The van der Waals surface area contributed by atoms with Gasteiger partial charge in [-0.15, -0.1) is 22.7 Å². The van der Waals surface area contributed by atoms with Crippen molar-refractivity contribution in [3.8, 4) is 0 Å². The molecule has 8 heteroatoms. The van der Waals surface area contributed by atoms with Gasteiger partial charge in [0.05, 0.1) is 14.1 Å². The highest BCUT2D eigenvalue weighted by Crippen LogP contribution is 2.21. The van der Waals surface area contributed by atoms with Crippen molar-refractivity contribution < 1.29 is 9.59 Å². The number of hydrogen-bond donors (Lipinski definition) is 1. The second kappa shape index (κ2) is 8.11. The minimum absolute atomic E-state index is 0.0848. The standard InChI is InChI=1S/C16H18ClN3O2S2/c17-14-4-3-12(24-14)15(21)18-5-6-19-7-9-20(10-8-19)16(22)13-2-1-11-23-13/h1-4,11H,5-10H2,(H,18,21). The zero-order chi connectivity index (χ0) is 16.9. The molecular formula is C16H18ClN3O2S2. The van der Waals surface area contributed by atoms with Crippen LogP contribution in [0.5, 0.6) is 0 Å². The van der Waals surface area contributed by atoms with E-state index in [9.17, 15) is 9.59 Å². The Morgan fingerprint density at radius 2 is 1.92 bits per heavy atom. The number of carbonyl (C=O) groups is 2. The molecule has 0 radical (unpaired) electrons. The van der Waals surface area contributed by atoms with E-state index < -0.39 is 0 Å². The van der Waals surface area contributed by atoms with E-state index in [1.54, 1.807) is 12.1 Å². The molecule has 128 valence electrons. The maximum Gasteiger partial charge on any atom is 0.264 e. The van der Waals surface area contributed by atoms with Crippen LogP contribution >= 0.6 is 34.3 Å². The molecule has 1 N–H and O–H groups in total. The third-order valence-electron chi connectivity index (χ3n) is 3.90. The van der Waals surface area contributed by atoms with Crippen LogP contribution in [-0.4, -0.2) is 60.9 Å². The third-order valence-corrected chi connectivity index (χ3v) is 5.99. The van der Waals surface area contributed by atoms with Crippen molar-refractivity contribution in [1.29, 1.82) is 0 Å². The zero-order valence-electron chi connectivity index (χ0n) is 13.0. The van der Waals surface area contributed by atoms with Crippen LogP contribution in [0.15, 0.2) is 29.6 Å². The summed E-state index contributed by atoms with van der Waals surface area (Å²) < 4.78 is 0.617. The molecule has 3 heterocycles. The monoisotopic (exact) mass is 383 g/mol. The number of carbonyl (C=O) groups excluding carboxylic acids is 2. The normalized spacial score (nSPS) is 15.5. The highest BCUT2D eigenvalue weighted by atomic mass is 35.5. The van der Waals surface area contributed by atoms with Gasteiger partial charge in [0.1, 0.15) is 0 Å². The fourth-order valence-electron chi connectivity index (χ4n) is 2.58. The smallest absolute Gasteiger partial charge is 0.264 e. The van der Waals surface area contributed by atoms with Crippen molar-refractivity contribution in [3.05, 3.63) is 43.7 Å². The van der Waals surface area contributed by atoms with Crippen LogP contribution in [0.25, 0.3) is 0 Å². The molecule has 0 spiro atoms. The fraction of sp³-hybridized carbons (Fsp3) is 0.375. The van der Waals surface area contributed by atoms with Crippen LogP contribution in [0.4, 0.5) is 0 Å². The number of halogens is 1. The van der Waals surface area contributed by atoms with E-state index in [1.807, 2.05) is 22.4 Å². The molecule has 0 saturated carbocycles. The molecule has 1 aliphatic rings. The van der Waals surface area contributed by atoms with E-state index in [0.29, 0.717) is 15.8 Å². The summed E-state index contributed by atoms with van der Waals surface area (Å²) >= 11 is 8.60. The molecule has 0 aromatic carbocycles. The first-order chi connectivity index (χ1) is 11.6. The summed E-state index contributed by atoms with van der Waals surface area (Å²) in [6, 6.07) is 7.23. The summed E-state index contributed by atoms with van der Waals surface area (Å²) in [7, 11) is 0. The lowest BCUT2D eigenvalue weighted by atomic mass is 10.3. The molecule has 1 fully saturated rings. The lowest BCUT2D eigenvalue weighted by Crippen LogP contribution is -2.50. The van der Waals surface area contributed by atoms with Gasteiger partial charge in [-0.1, -0.05) is 17.7 Å². The number of rotatable bonds is 5. The van der Waals surface area contributed by atoms with Gasteiger partial charge >= 0.3 is 0 Å². The average Bonchev–Trinajstić information content (AvgIpc) is 3.26. The molecule has 24 heavy (non-hydrogen) atoms. The second-order valence-electron chi connectivity index (χ2n) is 5.47. The molecule has 5 nitrogen and oxygen atoms in total. The molecule has 2 aromatic heterocycles. The Morgan fingerprint density at radius 1 is 1.12 bits per heavy atom. The van der Waals surface area contributed by atoms with E-state index in [-0.39, 0.29) is 11.8 Å². The Balaban J connectivity index is 1.38. The van der Waals surface area contributed by atoms with Gasteiger partial charge < -0.3 is 10.2 Å². The number of nitrogens with one attached hydrogen (secondary N) is 1. The van der Waals surface area contributed by atoms with Crippen LogP contribution in [0.1, 0.15) is 19.3 Å². The van der Waals surface area contributed by atoms with Crippen molar-refractivity contribution in [1.82, 2.24) is 15.1 Å². The Bertz CT molecular complexity index is 694. The predicted molar refractivity (Wildman–Crippen MR) is 98.3 cm³/mol. The summed E-state index contributed by atoms with van der Waals surface area (Å²) in [6.07, 6.45) is 0. The summed E-state index contributed by atoms with van der Waals surface area (Å²) in [5, 5.41) is 4.83. The first-order valence-corrected chi connectivity index (χ1v) is 9.79. The molecule has 0 aliphatic carbocycles. The van der Waals surface area contributed by atoms with Crippen molar-refractivity contribution in [2.45, 2.75) is 0 Å². The number of nitrogens with zero attached hydrogens (tertiary/aromatic N) is 2. The van der Waals surface area contributed by atoms with Crippen molar-refractivity contribution in [2.75, 3.05) is 39.3 Å². The van der Waals surface area contributed by atoms with Gasteiger partial charge in [0.25, 0.3) is 11.8 Å². The maximum atomic E-state index is 12.3. The third kappa shape index (κ3) is 4.36. The highest BCUT2D eigenvalue weighted by Gasteiger charge is 2.22. The molecule has 0 unspecified atom stereocenters. The van der Waals surface area contributed by atoms with Crippen LogP contribution in [-0.2, 0) is 0 Å². The first kappa shape index (κ1) is 17.4. The Morgan fingerprint density at radius 3 is 2.54 bits per heavy atom. The fourth-order valence-corrected chi connectivity index (χ4v) is 4.23. The average molecular weight is 384 g/mol. The lowest BCUT2D eigenvalue weighted by molar-refractivity contribution is 0.0643. The van der Waals surface area contributed by atoms with Gasteiger partial charge in [-0.05, 0) is 23.6 Å². The minimum Gasteiger partial charge on any atom is -0.350 e. The summed E-state index contributed by atoms with van der Waals surface area (Å²) in [4.78, 5) is 29.8. The first-order valence-electron chi connectivity index (χ1n) is 7.72. The maximum absolute atomic E-state index is 12.3. The molecule has 3 rings (SSSR count). The molecular weight excluding hydrogens is 366 g/mol. The predicted octanol–water partition coefficient (Wildman–Crippen LogP) is 2.65. The van der Waals surface area contributed by atoms with E-state index in [0.717, 1.165) is 37.6 Å². The van der Waals surface area contributed by atoms with Gasteiger partial charge in [-0.2, -0.15) is 0 Å². The molecule has 2 aromatic rings. The Labute approximate surface area is 153 Å². The topological polar surface area (TPSA) is 52.7 Å². The minimum atomic E-state index is -0.0848. The quantitative estimate of drug-likeness (QED) is 0.863. The number of amides is 2. The van der Waals surface area contributed by atoms with Gasteiger partial charge in [-0.25, -0.2) is 0 Å². The van der Waals surface area contributed by atoms with Gasteiger partial charge in [-0.3, -0.25) is 14.5 Å². The van der Waals surface area contributed by atoms with E-state index in [2.05, 4.69) is 10.2 Å². The molecule has 1 saturated heterocycles. The molecule has 2 amide bonds. The van der Waals surface area contributed by atoms with Gasteiger partial charge in [0, 0.05) is 39.3 Å². The van der Waals surface area contributed by atoms with Crippen molar-refractivity contribution in [2.24, 2.45) is 0 Å². The molecule has 1 aliphatic heterocycles. The van der Waals surface area contributed by atoms with Crippen molar-refractivity contribution in [3.63, 3.8) is 0 Å². The highest BCUT2D eigenvalue weighted by molar-refractivity contribution is 7.18. The molecule has 0 bridgehead atoms.